The van der Waals surface area contributed by atoms with E-state index in [0.717, 1.165) is 6.07 Å². The third-order valence-corrected chi connectivity index (χ3v) is 6.00. The molecule has 0 saturated heterocycles. The van der Waals surface area contributed by atoms with Crippen LogP contribution in [-0.2, 0) is 25.0 Å². The van der Waals surface area contributed by atoms with Crippen LogP contribution in [0.5, 0.6) is 0 Å². The molecule has 0 bridgehead atoms. The minimum atomic E-state index is -4.83. The van der Waals surface area contributed by atoms with Crippen molar-refractivity contribution in [1.29, 1.82) is 0 Å². The molecular formula is C17H19NO9S2. The van der Waals surface area contributed by atoms with Crippen LogP contribution in [0.4, 0.5) is 0 Å². The minimum absolute atomic E-state index is 0.000589. The van der Waals surface area contributed by atoms with Gasteiger partial charge in [-0.1, -0.05) is 0 Å². The largest absolute Gasteiger partial charge is 0.481 e. The van der Waals surface area contributed by atoms with Gasteiger partial charge in [0.15, 0.2) is 0 Å². The molecule has 3 N–H and O–H groups in total. The molecule has 0 aliphatic carbocycles. The SMILES string of the molecule is Cc1cc2c(S(=O)(=O)O)cc(S(=O)(=O)O)cc2cc1C(=O)N(C)CCCC(=O)O. The highest BCUT2D eigenvalue weighted by Gasteiger charge is 2.23. The fourth-order valence-corrected chi connectivity index (χ4v) is 4.17. The summed E-state index contributed by atoms with van der Waals surface area (Å²) in [7, 11) is -8.14. The van der Waals surface area contributed by atoms with Crippen molar-refractivity contribution in [2.24, 2.45) is 0 Å². The topological polar surface area (TPSA) is 166 Å². The summed E-state index contributed by atoms with van der Waals surface area (Å²) in [6.07, 6.45) is 0.105. The molecule has 2 aromatic carbocycles. The van der Waals surface area contributed by atoms with Gasteiger partial charge in [0.05, 0.1) is 4.90 Å². The molecule has 1 amide bonds. The van der Waals surface area contributed by atoms with Crippen LogP contribution in [0.15, 0.2) is 34.1 Å². The summed E-state index contributed by atoms with van der Waals surface area (Å²) in [5, 5.41) is 8.66. The van der Waals surface area contributed by atoms with Crippen LogP contribution in [-0.4, -0.2) is 61.4 Å². The zero-order chi connectivity index (χ0) is 22.1. The smallest absolute Gasteiger partial charge is 0.303 e. The maximum Gasteiger partial charge on any atom is 0.303 e. The lowest BCUT2D eigenvalue weighted by Crippen LogP contribution is -2.28. The molecule has 2 rings (SSSR count). The molecule has 0 heterocycles. The van der Waals surface area contributed by atoms with Crippen molar-refractivity contribution in [3.63, 3.8) is 0 Å². The van der Waals surface area contributed by atoms with E-state index in [-0.39, 0.29) is 35.7 Å². The number of rotatable bonds is 7. The molecule has 0 unspecified atom stereocenters. The molecule has 0 aliphatic heterocycles. The molecule has 0 radical (unpaired) electrons. The maximum atomic E-state index is 12.7. The Hall–Kier alpha value is -2.54. The van der Waals surface area contributed by atoms with Gasteiger partial charge >= 0.3 is 5.97 Å². The second-order valence-electron chi connectivity index (χ2n) is 6.48. The van der Waals surface area contributed by atoms with Crippen molar-refractivity contribution in [3.8, 4) is 0 Å². The number of fused-ring (bicyclic) bond motifs is 1. The van der Waals surface area contributed by atoms with E-state index in [9.17, 15) is 35.5 Å². The minimum Gasteiger partial charge on any atom is -0.481 e. The normalized spacial score (nSPS) is 12.1. The Bertz CT molecular complexity index is 1200. The van der Waals surface area contributed by atoms with Crippen LogP contribution in [0.2, 0.25) is 0 Å². The lowest BCUT2D eigenvalue weighted by atomic mass is 10.0. The zero-order valence-corrected chi connectivity index (χ0v) is 17.1. The Morgan fingerprint density at radius 2 is 1.62 bits per heavy atom. The molecule has 2 aromatic rings. The number of carbonyl (C=O) groups is 2. The molecule has 0 aliphatic rings. The van der Waals surface area contributed by atoms with Gasteiger partial charge in [0.1, 0.15) is 4.90 Å². The fraction of sp³-hybridized carbons (Fsp3) is 0.294. The van der Waals surface area contributed by atoms with E-state index < -0.39 is 41.9 Å². The molecule has 12 heteroatoms. The average molecular weight is 445 g/mol. The third kappa shape index (κ3) is 5.29. The number of aliphatic carboxylic acids is 1. The highest BCUT2D eigenvalue weighted by atomic mass is 32.2. The summed E-state index contributed by atoms with van der Waals surface area (Å²) < 4.78 is 65.1. The lowest BCUT2D eigenvalue weighted by molar-refractivity contribution is -0.137. The first-order chi connectivity index (χ1) is 13.2. The van der Waals surface area contributed by atoms with Gasteiger partial charge in [-0.25, -0.2) is 0 Å². The quantitative estimate of drug-likeness (QED) is 0.536. The van der Waals surface area contributed by atoms with Crippen LogP contribution in [0.3, 0.4) is 0 Å². The van der Waals surface area contributed by atoms with Gasteiger partial charge in [-0.3, -0.25) is 18.7 Å². The standard InChI is InChI=1S/C17H19NO9S2/c1-10-6-14-11(7-12(28(22,23)24)9-15(14)29(25,26)27)8-13(10)17(21)18(2)5-3-4-16(19)20/h6-9H,3-5H2,1-2H3,(H,19,20)(H,22,23,24)(H,25,26,27). The van der Waals surface area contributed by atoms with E-state index in [0.29, 0.717) is 11.6 Å². The highest BCUT2D eigenvalue weighted by molar-refractivity contribution is 7.86. The number of aryl methyl sites for hydroxylation is 1. The van der Waals surface area contributed by atoms with Gasteiger partial charge in [0.25, 0.3) is 26.1 Å². The number of hydrogen-bond acceptors (Lipinski definition) is 6. The number of nitrogens with zero attached hydrogens (tertiary/aromatic N) is 1. The summed E-state index contributed by atoms with van der Waals surface area (Å²) in [5.74, 6) is -1.48. The fourth-order valence-electron chi connectivity index (χ4n) is 2.83. The average Bonchev–Trinajstić information content (AvgIpc) is 2.57. The van der Waals surface area contributed by atoms with Crippen LogP contribution < -0.4 is 0 Å². The van der Waals surface area contributed by atoms with Gasteiger partial charge in [0, 0.05) is 31.0 Å². The number of amides is 1. The van der Waals surface area contributed by atoms with Gasteiger partial charge in [0.2, 0.25) is 0 Å². The van der Waals surface area contributed by atoms with Crippen molar-refractivity contribution in [2.75, 3.05) is 13.6 Å². The van der Waals surface area contributed by atoms with E-state index in [1.165, 1.54) is 31.0 Å². The Morgan fingerprint density at radius 3 is 2.14 bits per heavy atom. The summed E-state index contributed by atoms with van der Waals surface area (Å²) in [4.78, 5) is 23.1. The number of benzene rings is 2. The van der Waals surface area contributed by atoms with Crippen molar-refractivity contribution < 1.29 is 40.6 Å². The molecule has 0 saturated carbocycles. The van der Waals surface area contributed by atoms with Crippen LogP contribution in [0, 0.1) is 6.92 Å². The van der Waals surface area contributed by atoms with Gasteiger partial charge in [-0.2, -0.15) is 16.8 Å². The van der Waals surface area contributed by atoms with Crippen LogP contribution in [0.1, 0.15) is 28.8 Å². The number of carboxylic acid groups (broad SMARTS) is 1. The molecule has 0 spiro atoms. The second kappa shape index (κ2) is 8.06. The molecule has 29 heavy (non-hydrogen) atoms. The van der Waals surface area contributed by atoms with E-state index >= 15 is 0 Å². The van der Waals surface area contributed by atoms with Crippen LogP contribution >= 0.6 is 0 Å². The molecule has 0 atom stereocenters. The van der Waals surface area contributed by atoms with Crippen molar-refractivity contribution in [3.05, 3.63) is 35.4 Å². The van der Waals surface area contributed by atoms with E-state index in [4.69, 9.17) is 5.11 Å². The van der Waals surface area contributed by atoms with Gasteiger partial charge in [-0.15, -0.1) is 0 Å². The van der Waals surface area contributed by atoms with Crippen molar-refractivity contribution >= 4 is 42.9 Å². The van der Waals surface area contributed by atoms with Gasteiger partial charge in [-0.05, 0) is 48.6 Å². The molecule has 10 nitrogen and oxygen atoms in total. The summed E-state index contributed by atoms with van der Waals surface area (Å²) in [6, 6.07) is 4.18. The second-order valence-corrected chi connectivity index (χ2v) is 9.30. The first-order valence-electron chi connectivity index (χ1n) is 8.22. The van der Waals surface area contributed by atoms with Gasteiger partial charge < -0.3 is 10.0 Å². The summed E-state index contributed by atoms with van der Waals surface area (Å²) in [6.45, 7) is 1.69. The Morgan fingerprint density at radius 1 is 1.00 bits per heavy atom. The maximum absolute atomic E-state index is 12.7. The molecular weight excluding hydrogens is 426 g/mol. The van der Waals surface area contributed by atoms with Crippen molar-refractivity contribution in [1.82, 2.24) is 4.90 Å². The Labute approximate surface area is 167 Å². The third-order valence-electron chi connectivity index (χ3n) is 4.27. The van der Waals surface area contributed by atoms with Crippen LogP contribution in [0.25, 0.3) is 10.8 Å². The highest BCUT2D eigenvalue weighted by Crippen LogP contribution is 2.30. The Kier molecular flexibility index (Phi) is 6.33. The van der Waals surface area contributed by atoms with E-state index in [2.05, 4.69) is 0 Å². The van der Waals surface area contributed by atoms with Crippen molar-refractivity contribution in [2.45, 2.75) is 29.6 Å². The zero-order valence-electron chi connectivity index (χ0n) is 15.5. The summed E-state index contributed by atoms with van der Waals surface area (Å²) in [5.41, 5.74) is 0.487. The predicted molar refractivity (Wildman–Crippen MR) is 102 cm³/mol. The van der Waals surface area contributed by atoms with E-state index in [1.807, 2.05) is 0 Å². The molecule has 0 fully saturated rings. The first kappa shape index (κ1) is 22.7. The number of hydrogen-bond donors (Lipinski definition) is 3. The van der Waals surface area contributed by atoms with E-state index in [1.54, 1.807) is 0 Å². The predicted octanol–water partition coefficient (Wildman–Crippen LogP) is 1.58. The Balaban J connectivity index is 2.61. The first-order valence-corrected chi connectivity index (χ1v) is 11.1. The molecule has 158 valence electrons. The monoisotopic (exact) mass is 445 g/mol. The summed E-state index contributed by atoms with van der Waals surface area (Å²) >= 11 is 0. The lowest BCUT2D eigenvalue weighted by Gasteiger charge is -2.19. The number of carboxylic acids is 1. The molecule has 0 aromatic heterocycles. The number of carbonyl (C=O) groups excluding carboxylic acids is 1.